The highest BCUT2D eigenvalue weighted by Gasteiger charge is 2.31. The summed E-state index contributed by atoms with van der Waals surface area (Å²) in [4.78, 5) is 16.5. The lowest BCUT2D eigenvalue weighted by atomic mass is 10.1. The number of rotatable bonds is 7. The smallest absolute Gasteiger partial charge is 0.354 e. The van der Waals surface area contributed by atoms with Gasteiger partial charge in [0.1, 0.15) is 6.54 Å². The Morgan fingerprint density at radius 3 is 2.50 bits per heavy atom. The molecule has 1 amide bonds. The van der Waals surface area contributed by atoms with E-state index >= 15 is 0 Å². The predicted molar refractivity (Wildman–Crippen MR) is 120 cm³/mol. The third-order valence-electron chi connectivity index (χ3n) is 4.03. The highest BCUT2D eigenvalue weighted by molar-refractivity contribution is 14.0. The number of hydrogen-bond donors (Lipinski definition) is 2. The first-order valence-corrected chi connectivity index (χ1v) is 9.07. The van der Waals surface area contributed by atoms with E-state index in [0.717, 1.165) is 12.6 Å². The highest BCUT2D eigenvalue weighted by atomic mass is 127. The minimum Gasteiger partial charge on any atom is -0.354 e. The number of likely N-dealkylation sites (N-methyl/N-ethyl adjacent to an activating group) is 1. The van der Waals surface area contributed by atoms with Gasteiger partial charge in [0.15, 0.2) is 5.96 Å². The first-order valence-electron chi connectivity index (χ1n) is 8.69. The van der Waals surface area contributed by atoms with Crippen LogP contribution in [0.2, 0.25) is 5.02 Å². The average Bonchev–Trinajstić information content (AvgIpc) is 3.18. The molecule has 7 nitrogen and oxygen atoms in total. The zero-order chi connectivity index (χ0) is 21.4. The molecule has 1 aromatic carbocycles. The second-order valence-electron chi connectivity index (χ2n) is 6.23. The van der Waals surface area contributed by atoms with Crippen molar-refractivity contribution in [2.75, 3.05) is 33.7 Å². The lowest BCUT2D eigenvalue weighted by molar-refractivity contribution is -0.157. The quantitative estimate of drug-likeness (QED) is 0.311. The number of guanidine groups is 1. The van der Waals surface area contributed by atoms with Gasteiger partial charge in [-0.3, -0.25) is 14.5 Å². The van der Waals surface area contributed by atoms with Crippen LogP contribution in [0.1, 0.15) is 11.6 Å². The summed E-state index contributed by atoms with van der Waals surface area (Å²) >= 11 is 5.95. The minimum atomic E-state index is -4.44. The van der Waals surface area contributed by atoms with Gasteiger partial charge in [0.25, 0.3) is 0 Å². The lowest BCUT2D eigenvalue weighted by Gasteiger charge is -2.22. The summed E-state index contributed by atoms with van der Waals surface area (Å²) in [6, 6.07) is 8.91. The van der Waals surface area contributed by atoms with Crippen molar-refractivity contribution in [1.82, 2.24) is 25.3 Å². The standard InChI is InChI=1S/C18H22ClF3N6O.HI/c1-23-17(25-11-16(29)27(2)12-18(20,21)22)24-10-15(28-9-3-8-26-28)13-4-6-14(19)7-5-13;/h3-9,15H,10-12H2,1-2H3,(H2,23,24,25);1H. The molecule has 0 radical (unpaired) electrons. The molecule has 1 aromatic heterocycles. The molecule has 2 N–H and O–H groups in total. The zero-order valence-corrected chi connectivity index (χ0v) is 19.4. The Bertz CT molecular complexity index is 814. The van der Waals surface area contributed by atoms with Gasteiger partial charge in [0.05, 0.1) is 12.6 Å². The summed E-state index contributed by atoms with van der Waals surface area (Å²) in [6.45, 7) is -1.26. The molecule has 0 aliphatic carbocycles. The number of carbonyl (C=O) groups excluding carboxylic acids is 1. The molecule has 166 valence electrons. The Labute approximate surface area is 194 Å². The first-order chi connectivity index (χ1) is 13.7. The Morgan fingerprint density at radius 1 is 1.30 bits per heavy atom. The van der Waals surface area contributed by atoms with E-state index in [0.29, 0.717) is 16.5 Å². The number of amides is 1. The van der Waals surface area contributed by atoms with Gasteiger partial charge in [-0.15, -0.1) is 24.0 Å². The maximum Gasteiger partial charge on any atom is 0.406 e. The van der Waals surface area contributed by atoms with Crippen molar-refractivity contribution in [3.63, 3.8) is 0 Å². The van der Waals surface area contributed by atoms with E-state index in [9.17, 15) is 18.0 Å². The van der Waals surface area contributed by atoms with Crippen molar-refractivity contribution in [2.24, 2.45) is 4.99 Å². The molecule has 0 saturated carbocycles. The zero-order valence-electron chi connectivity index (χ0n) is 16.4. The molecule has 1 heterocycles. The third-order valence-corrected chi connectivity index (χ3v) is 4.29. The maximum absolute atomic E-state index is 12.4. The molecule has 0 bridgehead atoms. The fourth-order valence-corrected chi connectivity index (χ4v) is 2.71. The number of benzene rings is 1. The minimum absolute atomic E-state index is 0. The molecule has 1 unspecified atom stereocenters. The number of aromatic nitrogens is 2. The van der Waals surface area contributed by atoms with Crippen molar-refractivity contribution < 1.29 is 18.0 Å². The highest BCUT2D eigenvalue weighted by Crippen LogP contribution is 2.19. The van der Waals surface area contributed by atoms with E-state index in [1.807, 2.05) is 18.3 Å². The van der Waals surface area contributed by atoms with Gasteiger partial charge in [-0.1, -0.05) is 23.7 Å². The SMILES string of the molecule is CN=C(NCC(=O)N(C)CC(F)(F)F)NCC(c1ccc(Cl)cc1)n1cccn1.I. The van der Waals surface area contributed by atoms with Crippen LogP contribution in [-0.4, -0.2) is 66.5 Å². The number of carbonyl (C=O) groups is 1. The van der Waals surface area contributed by atoms with E-state index in [1.165, 1.54) is 7.05 Å². The van der Waals surface area contributed by atoms with Gasteiger partial charge >= 0.3 is 6.18 Å². The Balaban J connectivity index is 0.00000450. The van der Waals surface area contributed by atoms with Gasteiger partial charge in [-0.2, -0.15) is 18.3 Å². The molecule has 0 fully saturated rings. The molecule has 30 heavy (non-hydrogen) atoms. The number of nitrogens with zero attached hydrogens (tertiary/aromatic N) is 4. The molecular weight excluding hydrogens is 536 g/mol. The summed E-state index contributed by atoms with van der Waals surface area (Å²) in [5.41, 5.74) is 0.946. The average molecular weight is 559 g/mol. The fourth-order valence-electron chi connectivity index (χ4n) is 2.58. The van der Waals surface area contributed by atoms with Crippen LogP contribution in [0.3, 0.4) is 0 Å². The second-order valence-corrected chi connectivity index (χ2v) is 6.66. The molecule has 12 heteroatoms. The number of halogens is 5. The van der Waals surface area contributed by atoms with Gasteiger partial charge in [0.2, 0.25) is 5.91 Å². The summed E-state index contributed by atoms with van der Waals surface area (Å²) in [7, 11) is 2.60. The Morgan fingerprint density at radius 2 is 1.97 bits per heavy atom. The van der Waals surface area contributed by atoms with Crippen LogP contribution in [-0.2, 0) is 4.79 Å². The molecule has 2 aromatic rings. The van der Waals surface area contributed by atoms with Gasteiger partial charge < -0.3 is 15.5 Å². The van der Waals surface area contributed by atoms with Crippen LogP contribution >= 0.6 is 35.6 Å². The molecule has 2 rings (SSSR count). The summed E-state index contributed by atoms with van der Waals surface area (Å²) in [5, 5.41) is 10.7. The normalized spacial score (nSPS) is 12.7. The largest absolute Gasteiger partial charge is 0.406 e. The maximum atomic E-state index is 12.4. The first kappa shape index (κ1) is 26.0. The number of alkyl halides is 3. The molecule has 1 atom stereocenters. The van der Waals surface area contributed by atoms with E-state index in [4.69, 9.17) is 11.6 Å². The lowest BCUT2D eigenvalue weighted by Crippen LogP contribution is -2.46. The van der Waals surface area contributed by atoms with Gasteiger partial charge in [0, 0.05) is 38.1 Å². The van der Waals surface area contributed by atoms with Crippen LogP contribution in [0.25, 0.3) is 0 Å². The summed E-state index contributed by atoms with van der Waals surface area (Å²) in [6.07, 6.45) is -0.974. The van der Waals surface area contributed by atoms with E-state index in [-0.39, 0.29) is 42.5 Å². The predicted octanol–water partition coefficient (Wildman–Crippen LogP) is 2.93. The van der Waals surface area contributed by atoms with Crippen LogP contribution in [0.15, 0.2) is 47.7 Å². The van der Waals surface area contributed by atoms with Crippen molar-refractivity contribution >= 4 is 47.4 Å². The molecule has 0 spiro atoms. The van der Waals surface area contributed by atoms with Crippen molar-refractivity contribution in [2.45, 2.75) is 12.2 Å². The monoisotopic (exact) mass is 558 g/mol. The third kappa shape index (κ3) is 8.38. The molecule has 0 saturated heterocycles. The van der Waals surface area contributed by atoms with E-state index in [2.05, 4.69) is 20.7 Å². The Kier molecular flexibility index (Phi) is 10.4. The number of nitrogens with one attached hydrogen (secondary N) is 2. The van der Waals surface area contributed by atoms with Crippen LogP contribution < -0.4 is 10.6 Å². The topological polar surface area (TPSA) is 74.6 Å². The van der Waals surface area contributed by atoms with Crippen molar-refractivity contribution in [3.8, 4) is 0 Å². The van der Waals surface area contributed by atoms with Crippen LogP contribution in [0, 0.1) is 0 Å². The number of hydrogen-bond acceptors (Lipinski definition) is 3. The van der Waals surface area contributed by atoms with Crippen LogP contribution in [0.5, 0.6) is 0 Å². The molecule has 0 aliphatic rings. The van der Waals surface area contributed by atoms with Gasteiger partial charge in [-0.25, -0.2) is 0 Å². The number of aliphatic imine (C=N–C) groups is 1. The molecule has 0 aliphatic heterocycles. The Hall–Kier alpha value is -2.02. The summed E-state index contributed by atoms with van der Waals surface area (Å²) in [5.74, 6) is -0.420. The molecular formula is C18H23ClF3IN6O. The van der Waals surface area contributed by atoms with Crippen molar-refractivity contribution in [3.05, 3.63) is 53.3 Å². The van der Waals surface area contributed by atoms with E-state index in [1.54, 1.807) is 29.1 Å². The summed E-state index contributed by atoms with van der Waals surface area (Å²) < 4.78 is 38.9. The van der Waals surface area contributed by atoms with Gasteiger partial charge in [-0.05, 0) is 23.8 Å². The van der Waals surface area contributed by atoms with E-state index < -0.39 is 18.6 Å². The second kappa shape index (κ2) is 12.0. The fraction of sp³-hybridized carbons (Fsp3) is 0.389. The van der Waals surface area contributed by atoms with Crippen molar-refractivity contribution in [1.29, 1.82) is 0 Å². The van der Waals surface area contributed by atoms with Crippen LogP contribution in [0.4, 0.5) is 13.2 Å².